The molecule has 0 radical (unpaired) electrons. The zero-order chi connectivity index (χ0) is 15.9. The molecule has 0 unspecified atom stereocenters. The molecule has 2 amide bonds. The van der Waals surface area contributed by atoms with Crippen molar-refractivity contribution in [1.82, 2.24) is 40.2 Å². The second-order valence-corrected chi connectivity index (χ2v) is 4.27. The summed E-state index contributed by atoms with van der Waals surface area (Å²) in [4.78, 5) is 30.4. The molecular formula is C10H16N10O2. The van der Waals surface area contributed by atoms with Gasteiger partial charge in [-0.1, -0.05) is 0 Å². The number of nitrogens with one attached hydrogen (secondary N) is 2. The number of carbonyl (C=O) groups excluding carboxylic acids is 2. The van der Waals surface area contributed by atoms with Gasteiger partial charge in [0.25, 0.3) is 0 Å². The molecule has 2 aromatic heterocycles. The number of nitrogen functional groups attached to an aromatic ring is 2. The number of unbranched alkanes of at least 4 members (excludes halogenated alkanes) is 1. The van der Waals surface area contributed by atoms with Gasteiger partial charge < -0.3 is 22.1 Å². The van der Waals surface area contributed by atoms with Crippen LogP contribution < -0.4 is 22.1 Å². The number of amides is 2. The van der Waals surface area contributed by atoms with Crippen LogP contribution in [-0.4, -0.2) is 54.7 Å². The Labute approximate surface area is 124 Å². The van der Waals surface area contributed by atoms with Gasteiger partial charge >= 0.3 is 12.1 Å². The first-order valence-electron chi connectivity index (χ1n) is 6.47. The molecule has 0 aliphatic rings. The normalized spacial score (nSPS) is 10.4. The van der Waals surface area contributed by atoms with Crippen LogP contribution >= 0.6 is 0 Å². The number of anilines is 2. The van der Waals surface area contributed by atoms with E-state index in [4.69, 9.17) is 11.5 Å². The van der Waals surface area contributed by atoms with Gasteiger partial charge in [0.2, 0.25) is 11.9 Å². The Kier molecular flexibility index (Phi) is 4.85. The van der Waals surface area contributed by atoms with Crippen molar-refractivity contribution in [2.75, 3.05) is 24.6 Å². The van der Waals surface area contributed by atoms with E-state index in [0.29, 0.717) is 25.9 Å². The van der Waals surface area contributed by atoms with Crippen LogP contribution in [0.25, 0.3) is 0 Å². The highest BCUT2D eigenvalue weighted by Gasteiger charge is 2.07. The van der Waals surface area contributed by atoms with Gasteiger partial charge in [0.1, 0.15) is 12.7 Å². The molecule has 0 bridgehead atoms. The second-order valence-electron chi connectivity index (χ2n) is 4.27. The van der Waals surface area contributed by atoms with E-state index in [1.807, 2.05) is 0 Å². The first-order chi connectivity index (χ1) is 10.6. The molecule has 0 aliphatic carbocycles. The van der Waals surface area contributed by atoms with Gasteiger partial charge in [-0.3, -0.25) is 0 Å². The Morgan fingerprint density at radius 2 is 1.32 bits per heavy atom. The number of nitrogens with zero attached hydrogens (tertiary/aromatic N) is 6. The lowest BCUT2D eigenvalue weighted by Crippen LogP contribution is -2.32. The lowest BCUT2D eigenvalue weighted by molar-refractivity contribution is 0.237. The zero-order valence-corrected chi connectivity index (χ0v) is 11.6. The van der Waals surface area contributed by atoms with E-state index in [-0.39, 0.29) is 11.9 Å². The molecule has 0 atom stereocenters. The Hall–Kier alpha value is -3.18. The molecular weight excluding hydrogens is 292 g/mol. The van der Waals surface area contributed by atoms with Crippen LogP contribution in [0.2, 0.25) is 0 Å². The third-order valence-corrected chi connectivity index (χ3v) is 2.59. The Bertz CT molecular complexity index is 591. The lowest BCUT2D eigenvalue weighted by Gasteiger charge is -2.05. The number of aromatic nitrogens is 6. The molecule has 12 nitrogen and oxygen atoms in total. The fraction of sp³-hybridized carbons (Fsp3) is 0.400. The van der Waals surface area contributed by atoms with Crippen molar-refractivity contribution < 1.29 is 9.59 Å². The molecule has 0 saturated carbocycles. The van der Waals surface area contributed by atoms with Crippen LogP contribution in [0.3, 0.4) is 0 Å². The molecule has 0 aromatic carbocycles. The number of rotatable bonds is 5. The van der Waals surface area contributed by atoms with Crippen LogP contribution in [0.1, 0.15) is 12.8 Å². The van der Waals surface area contributed by atoms with E-state index in [9.17, 15) is 9.59 Å². The Balaban J connectivity index is 1.58. The minimum Gasteiger partial charge on any atom is -0.366 e. The smallest absolute Gasteiger partial charge is 0.343 e. The van der Waals surface area contributed by atoms with Gasteiger partial charge in [0, 0.05) is 13.1 Å². The summed E-state index contributed by atoms with van der Waals surface area (Å²) in [7, 11) is 0. The first kappa shape index (κ1) is 15.2. The molecule has 0 fully saturated rings. The minimum absolute atomic E-state index is 0.0339. The second kappa shape index (κ2) is 7.01. The maximum Gasteiger partial charge on any atom is 0.343 e. The summed E-state index contributed by atoms with van der Waals surface area (Å²) in [6.07, 6.45) is 3.81. The largest absolute Gasteiger partial charge is 0.366 e. The van der Waals surface area contributed by atoms with Gasteiger partial charge in [0.15, 0.2) is 0 Å². The van der Waals surface area contributed by atoms with E-state index in [1.165, 1.54) is 12.7 Å². The van der Waals surface area contributed by atoms with Crippen molar-refractivity contribution in [2.24, 2.45) is 0 Å². The maximum absolute atomic E-state index is 11.6. The molecule has 2 rings (SSSR count). The van der Waals surface area contributed by atoms with Crippen LogP contribution in [0.5, 0.6) is 0 Å². The quantitative estimate of drug-likeness (QED) is 0.490. The van der Waals surface area contributed by atoms with E-state index in [2.05, 4.69) is 30.8 Å². The van der Waals surface area contributed by atoms with E-state index in [1.54, 1.807) is 0 Å². The summed E-state index contributed by atoms with van der Waals surface area (Å²) in [6, 6.07) is -0.822. The third-order valence-electron chi connectivity index (χ3n) is 2.59. The molecule has 0 spiro atoms. The van der Waals surface area contributed by atoms with Crippen LogP contribution in [0, 0.1) is 0 Å². The zero-order valence-electron chi connectivity index (χ0n) is 11.6. The van der Waals surface area contributed by atoms with E-state index in [0.717, 1.165) is 9.36 Å². The number of hydrogen-bond donors (Lipinski definition) is 4. The highest BCUT2D eigenvalue weighted by Crippen LogP contribution is 1.91. The summed E-state index contributed by atoms with van der Waals surface area (Å²) in [5, 5.41) is 12.6. The van der Waals surface area contributed by atoms with Crippen LogP contribution in [0.4, 0.5) is 21.5 Å². The number of hydrogen-bond acceptors (Lipinski definition) is 8. The predicted molar refractivity (Wildman–Crippen MR) is 75.7 cm³/mol. The molecule has 6 N–H and O–H groups in total. The summed E-state index contributed by atoms with van der Waals surface area (Å²) in [5.41, 5.74) is 10.6. The van der Waals surface area contributed by atoms with Gasteiger partial charge in [-0.2, -0.15) is 9.36 Å². The SMILES string of the molecule is Nc1ncn(C(=O)NCCCCNC(=O)n2cnc(N)n2)n1. The topological polar surface area (TPSA) is 172 Å². The van der Waals surface area contributed by atoms with Gasteiger partial charge in [-0.05, 0) is 12.8 Å². The molecule has 12 heteroatoms. The standard InChI is InChI=1S/C10H16N10O2/c11-7-15-5-19(17-7)9(21)13-3-1-2-4-14-10(22)20-6-16-8(12)18-20/h5-6H,1-4H2,(H2,11,17)(H2,12,18)(H,13,21)(H,14,22). The fourth-order valence-electron chi connectivity index (χ4n) is 1.55. The summed E-state index contributed by atoms with van der Waals surface area (Å²) < 4.78 is 2.04. The monoisotopic (exact) mass is 308 g/mol. The summed E-state index contributed by atoms with van der Waals surface area (Å²) in [5.74, 6) is 0.0678. The average Bonchev–Trinajstić information content (AvgIpc) is 3.11. The summed E-state index contributed by atoms with van der Waals surface area (Å²) >= 11 is 0. The fourth-order valence-corrected chi connectivity index (χ4v) is 1.55. The Morgan fingerprint density at radius 3 is 1.64 bits per heavy atom. The van der Waals surface area contributed by atoms with Gasteiger partial charge in [0.05, 0.1) is 0 Å². The van der Waals surface area contributed by atoms with Crippen molar-refractivity contribution in [3.8, 4) is 0 Å². The number of nitrogens with two attached hydrogens (primary N) is 2. The van der Waals surface area contributed by atoms with Crippen molar-refractivity contribution in [2.45, 2.75) is 12.8 Å². The van der Waals surface area contributed by atoms with Gasteiger partial charge in [-0.15, -0.1) is 10.2 Å². The maximum atomic E-state index is 11.6. The molecule has 22 heavy (non-hydrogen) atoms. The molecule has 2 heterocycles. The van der Waals surface area contributed by atoms with Crippen molar-refractivity contribution in [1.29, 1.82) is 0 Å². The Morgan fingerprint density at radius 1 is 0.909 bits per heavy atom. The lowest BCUT2D eigenvalue weighted by atomic mass is 10.3. The average molecular weight is 308 g/mol. The van der Waals surface area contributed by atoms with E-state index >= 15 is 0 Å². The van der Waals surface area contributed by atoms with Crippen molar-refractivity contribution in [3.63, 3.8) is 0 Å². The van der Waals surface area contributed by atoms with E-state index < -0.39 is 12.1 Å². The number of carbonyl (C=O) groups is 2. The predicted octanol–water partition coefficient (Wildman–Crippen LogP) is -1.37. The highest BCUT2D eigenvalue weighted by molar-refractivity contribution is 5.76. The molecule has 0 aliphatic heterocycles. The minimum atomic E-state index is -0.411. The molecule has 2 aromatic rings. The summed E-state index contributed by atoms with van der Waals surface area (Å²) in [6.45, 7) is 0.871. The third kappa shape index (κ3) is 4.16. The van der Waals surface area contributed by atoms with Crippen molar-refractivity contribution >= 4 is 24.0 Å². The van der Waals surface area contributed by atoms with Crippen molar-refractivity contribution in [3.05, 3.63) is 12.7 Å². The van der Waals surface area contributed by atoms with Gasteiger partial charge in [-0.25, -0.2) is 19.6 Å². The van der Waals surface area contributed by atoms with Crippen LogP contribution in [0.15, 0.2) is 12.7 Å². The highest BCUT2D eigenvalue weighted by atomic mass is 16.2. The molecule has 0 saturated heterocycles. The van der Waals surface area contributed by atoms with Crippen LogP contribution in [-0.2, 0) is 0 Å². The molecule has 118 valence electrons. The first-order valence-corrected chi connectivity index (χ1v) is 6.47.